The SMILES string of the molecule is NC1CCC(C(N)c2ccc(Br)cc2)CC1. The van der Waals surface area contributed by atoms with Crippen LogP contribution in [0, 0.1) is 5.92 Å². The van der Waals surface area contributed by atoms with Gasteiger partial charge in [-0.05, 0) is 49.3 Å². The molecule has 0 radical (unpaired) electrons. The lowest BCUT2D eigenvalue weighted by molar-refractivity contribution is 0.285. The second-order valence-electron chi connectivity index (χ2n) is 4.75. The zero-order valence-corrected chi connectivity index (χ0v) is 11.0. The Hall–Kier alpha value is -0.380. The summed E-state index contributed by atoms with van der Waals surface area (Å²) in [6, 6.07) is 8.91. The second kappa shape index (κ2) is 5.30. The third kappa shape index (κ3) is 2.84. The fourth-order valence-corrected chi connectivity index (χ4v) is 2.73. The van der Waals surface area contributed by atoms with Crippen molar-refractivity contribution < 1.29 is 0 Å². The molecule has 0 bridgehead atoms. The van der Waals surface area contributed by atoms with E-state index in [4.69, 9.17) is 11.5 Å². The van der Waals surface area contributed by atoms with Gasteiger partial charge in [0.25, 0.3) is 0 Å². The number of benzene rings is 1. The van der Waals surface area contributed by atoms with Crippen molar-refractivity contribution in [2.75, 3.05) is 0 Å². The van der Waals surface area contributed by atoms with Gasteiger partial charge in [0.15, 0.2) is 0 Å². The Kier molecular flexibility index (Phi) is 4.00. The molecule has 1 aliphatic rings. The summed E-state index contributed by atoms with van der Waals surface area (Å²) in [5, 5.41) is 0. The average molecular weight is 283 g/mol. The number of hydrogen-bond donors (Lipinski definition) is 2. The van der Waals surface area contributed by atoms with Gasteiger partial charge in [-0.15, -0.1) is 0 Å². The van der Waals surface area contributed by atoms with E-state index in [1.54, 1.807) is 0 Å². The Morgan fingerprint density at radius 2 is 1.62 bits per heavy atom. The summed E-state index contributed by atoms with van der Waals surface area (Å²) in [6.07, 6.45) is 4.57. The van der Waals surface area contributed by atoms with Gasteiger partial charge in [-0.3, -0.25) is 0 Å². The van der Waals surface area contributed by atoms with Crippen molar-refractivity contribution in [2.45, 2.75) is 37.8 Å². The highest BCUT2D eigenvalue weighted by atomic mass is 79.9. The van der Waals surface area contributed by atoms with E-state index < -0.39 is 0 Å². The van der Waals surface area contributed by atoms with Gasteiger partial charge in [-0.1, -0.05) is 28.1 Å². The van der Waals surface area contributed by atoms with Crippen LogP contribution in [0.1, 0.15) is 37.3 Å². The quantitative estimate of drug-likeness (QED) is 0.876. The van der Waals surface area contributed by atoms with Crippen molar-refractivity contribution in [1.29, 1.82) is 0 Å². The monoisotopic (exact) mass is 282 g/mol. The molecule has 0 saturated heterocycles. The van der Waals surface area contributed by atoms with E-state index in [9.17, 15) is 0 Å². The van der Waals surface area contributed by atoms with Crippen molar-refractivity contribution in [3.8, 4) is 0 Å². The van der Waals surface area contributed by atoms with Crippen LogP contribution in [-0.2, 0) is 0 Å². The summed E-state index contributed by atoms with van der Waals surface area (Å²) in [5.41, 5.74) is 13.5. The van der Waals surface area contributed by atoms with Crippen LogP contribution in [0.15, 0.2) is 28.7 Å². The molecule has 4 N–H and O–H groups in total. The summed E-state index contributed by atoms with van der Waals surface area (Å²) in [4.78, 5) is 0. The Morgan fingerprint density at radius 3 is 2.19 bits per heavy atom. The van der Waals surface area contributed by atoms with Crippen LogP contribution in [0.4, 0.5) is 0 Å². The first-order valence-electron chi connectivity index (χ1n) is 5.93. The third-order valence-electron chi connectivity index (χ3n) is 3.58. The van der Waals surface area contributed by atoms with Crippen LogP contribution >= 0.6 is 15.9 Å². The van der Waals surface area contributed by atoms with Crippen LogP contribution in [0.3, 0.4) is 0 Å². The van der Waals surface area contributed by atoms with Crippen molar-refractivity contribution in [2.24, 2.45) is 17.4 Å². The maximum Gasteiger partial charge on any atom is 0.0323 e. The second-order valence-corrected chi connectivity index (χ2v) is 5.67. The Bertz CT molecular complexity index is 328. The van der Waals surface area contributed by atoms with Gasteiger partial charge in [-0.2, -0.15) is 0 Å². The minimum atomic E-state index is 0.167. The number of nitrogens with two attached hydrogens (primary N) is 2. The summed E-state index contributed by atoms with van der Waals surface area (Å²) >= 11 is 3.44. The molecule has 1 aromatic carbocycles. The predicted octanol–water partition coefficient (Wildman–Crippen LogP) is 2.97. The third-order valence-corrected chi connectivity index (χ3v) is 4.11. The molecule has 2 nitrogen and oxygen atoms in total. The molecule has 1 aliphatic carbocycles. The maximum atomic E-state index is 6.31. The smallest absolute Gasteiger partial charge is 0.0323 e. The van der Waals surface area contributed by atoms with Crippen molar-refractivity contribution >= 4 is 15.9 Å². The molecular weight excluding hydrogens is 264 g/mol. The van der Waals surface area contributed by atoms with E-state index in [1.807, 2.05) is 0 Å². The van der Waals surface area contributed by atoms with Gasteiger partial charge < -0.3 is 11.5 Å². The molecule has 0 aliphatic heterocycles. The summed E-state index contributed by atoms with van der Waals surface area (Å²) < 4.78 is 1.11. The van der Waals surface area contributed by atoms with Gasteiger partial charge in [0, 0.05) is 16.6 Å². The van der Waals surface area contributed by atoms with Gasteiger partial charge in [0.2, 0.25) is 0 Å². The lowest BCUT2D eigenvalue weighted by Crippen LogP contribution is -2.31. The fourth-order valence-electron chi connectivity index (χ4n) is 2.46. The molecule has 0 spiro atoms. The first-order chi connectivity index (χ1) is 7.66. The van der Waals surface area contributed by atoms with Crippen LogP contribution in [0.25, 0.3) is 0 Å². The lowest BCUT2D eigenvalue weighted by atomic mass is 9.80. The minimum absolute atomic E-state index is 0.167. The number of hydrogen-bond acceptors (Lipinski definition) is 2. The van der Waals surface area contributed by atoms with Gasteiger partial charge in [0.05, 0.1) is 0 Å². The minimum Gasteiger partial charge on any atom is -0.328 e. The highest BCUT2D eigenvalue weighted by Crippen LogP contribution is 2.32. The standard InChI is InChI=1S/C13H19BrN2/c14-11-5-1-9(2-6-11)13(16)10-3-7-12(15)8-4-10/h1-2,5-6,10,12-13H,3-4,7-8,15-16H2. The summed E-state index contributed by atoms with van der Waals surface area (Å²) in [7, 11) is 0. The predicted molar refractivity (Wildman–Crippen MR) is 71.0 cm³/mol. The lowest BCUT2D eigenvalue weighted by Gasteiger charge is -2.30. The van der Waals surface area contributed by atoms with Crippen LogP contribution < -0.4 is 11.5 Å². The van der Waals surface area contributed by atoms with Crippen LogP contribution in [0.2, 0.25) is 0 Å². The van der Waals surface area contributed by atoms with E-state index in [2.05, 4.69) is 40.2 Å². The molecule has 2 rings (SSSR count). The van der Waals surface area contributed by atoms with Crippen molar-refractivity contribution in [3.63, 3.8) is 0 Å². The molecule has 16 heavy (non-hydrogen) atoms. The van der Waals surface area contributed by atoms with E-state index in [0.29, 0.717) is 12.0 Å². The van der Waals surface area contributed by atoms with E-state index in [1.165, 1.54) is 18.4 Å². The first-order valence-corrected chi connectivity index (χ1v) is 6.73. The van der Waals surface area contributed by atoms with E-state index >= 15 is 0 Å². The molecular formula is C13H19BrN2. The molecule has 1 unspecified atom stereocenters. The molecule has 0 aromatic heterocycles. The Morgan fingerprint density at radius 1 is 1.06 bits per heavy atom. The summed E-state index contributed by atoms with van der Waals surface area (Å²) in [6.45, 7) is 0. The molecule has 0 amide bonds. The van der Waals surface area contributed by atoms with E-state index in [-0.39, 0.29) is 6.04 Å². The van der Waals surface area contributed by atoms with Crippen molar-refractivity contribution in [1.82, 2.24) is 0 Å². The van der Waals surface area contributed by atoms with Gasteiger partial charge in [-0.25, -0.2) is 0 Å². The zero-order chi connectivity index (χ0) is 11.5. The molecule has 3 heteroatoms. The molecule has 1 fully saturated rings. The topological polar surface area (TPSA) is 52.0 Å². The highest BCUT2D eigenvalue weighted by molar-refractivity contribution is 9.10. The number of rotatable bonds is 2. The molecule has 1 atom stereocenters. The Labute approximate surface area is 106 Å². The zero-order valence-electron chi connectivity index (χ0n) is 9.40. The van der Waals surface area contributed by atoms with E-state index in [0.717, 1.165) is 17.3 Å². The normalized spacial score (nSPS) is 27.7. The molecule has 1 aromatic rings. The van der Waals surface area contributed by atoms with Crippen molar-refractivity contribution in [3.05, 3.63) is 34.3 Å². The number of halogens is 1. The first kappa shape index (κ1) is 12.1. The molecule has 0 heterocycles. The molecule has 88 valence electrons. The van der Waals surface area contributed by atoms with Gasteiger partial charge >= 0.3 is 0 Å². The average Bonchev–Trinajstić information content (AvgIpc) is 2.30. The fraction of sp³-hybridized carbons (Fsp3) is 0.538. The maximum absolute atomic E-state index is 6.31. The van der Waals surface area contributed by atoms with Gasteiger partial charge in [0.1, 0.15) is 0 Å². The van der Waals surface area contributed by atoms with Crippen LogP contribution in [-0.4, -0.2) is 6.04 Å². The largest absolute Gasteiger partial charge is 0.328 e. The molecule has 1 saturated carbocycles. The summed E-state index contributed by atoms with van der Waals surface area (Å²) in [5.74, 6) is 0.598. The highest BCUT2D eigenvalue weighted by Gasteiger charge is 2.24. The van der Waals surface area contributed by atoms with Crippen LogP contribution in [0.5, 0.6) is 0 Å². The Balaban J connectivity index is 2.01.